The van der Waals surface area contributed by atoms with Crippen molar-refractivity contribution in [3.63, 3.8) is 0 Å². The second-order valence-corrected chi connectivity index (χ2v) is 8.64. The maximum atomic E-state index is 13.2. The predicted molar refractivity (Wildman–Crippen MR) is 127 cm³/mol. The summed E-state index contributed by atoms with van der Waals surface area (Å²) in [5, 5.41) is 3.03. The van der Waals surface area contributed by atoms with E-state index in [4.69, 9.17) is 4.74 Å². The van der Waals surface area contributed by atoms with Crippen molar-refractivity contribution in [1.29, 1.82) is 0 Å². The summed E-state index contributed by atoms with van der Waals surface area (Å²) in [4.78, 5) is 54.0. The van der Waals surface area contributed by atoms with E-state index in [1.54, 1.807) is 23.2 Å². The number of pyridine rings is 1. The standard InChI is InChI=1S/C24H21N5O4S/c1-33-17-14-27-20(22-25-7-12-34-22)19-18(17)16(13-26-19)21(30)24(32)29-10-8-28(9-11-29)23(31)15-5-3-2-4-6-15/h2-7,12-14,26H,8-11H2,1H3. The highest BCUT2D eigenvalue weighted by Gasteiger charge is 2.31. The van der Waals surface area contributed by atoms with E-state index in [0.29, 0.717) is 46.0 Å². The number of nitrogens with zero attached hydrogens (tertiary/aromatic N) is 4. The second-order valence-electron chi connectivity index (χ2n) is 7.74. The Morgan fingerprint density at radius 1 is 1.03 bits per heavy atom. The maximum Gasteiger partial charge on any atom is 0.295 e. The van der Waals surface area contributed by atoms with Crippen molar-refractivity contribution in [2.45, 2.75) is 0 Å². The number of thiazole rings is 1. The third-order valence-electron chi connectivity index (χ3n) is 5.84. The molecule has 3 aromatic heterocycles. The van der Waals surface area contributed by atoms with E-state index in [9.17, 15) is 14.4 Å². The lowest BCUT2D eigenvalue weighted by atomic mass is 10.1. The Hall–Kier alpha value is -4.05. The molecule has 0 aliphatic carbocycles. The van der Waals surface area contributed by atoms with Crippen molar-refractivity contribution < 1.29 is 19.1 Å². The highest BCUT2D eigenvalue weighted by Crippen LogP contribution is 2.35. The van der Waals surface area contributed by atoms with Gasteiger partial charge >= 0.3 is 0 Å². The molecule has 9 nitrogen and oxygen atoms in total. The summed E-state index contributed by atoms with van der Waals surface area (Å²) in [5.41, 5.74) is 2.00. The number of benzene rings is 1. The molecule has 0 saturated carbocycles. The minimum absolute atomic E-state index is 0.0809. The highest BCUT2D eigenvalue weighted by atomic mass is 32.1. The molecule has 1 aliphatic heterocycles. The van der Waals surface area contributed by atoms with Crippen molar-refractivity contribution in [3.05, 3.63) is 65.4 Å². The zero-order valence-electron chi connectivity index (χ0n) is 18.4. The van der Waals surface area contributed by atoms with E-state index in [1.807, 2.05) is 23.6 Å². The summed E-state index contributed by atoms with van der Waals surface area (Å²) < 4.78 is 5.44. The fourth-order valence-electron chi connectivity index (χ4n) is 4.09. The molecule has 1 saturated heterocycles. The van der Waals surface area contributed by atoms with Gasteiger partial charge in [-0.25, -0.2) is 9.97 Å². The molecule has 1 fully saturated rings. The number of nitrogens with one attached hydrogen (secondary N) is 1. The maximum absolute atomic E-state index is 13.2. The molecular formula is C24H21N5O4S. The summed E-state index contributed by atoms with van der Waals surface area (Å²) in [6.07, 6.45) is 4.72. The van der Waals surface area contributed by atoms with Crippen molar-refractivity contribution in [3.8, 4) is 16.5 Å². The SMILES string of the molecule is COc1cnc(-c2nccs2)c2[nH]cc(C(=O)C(=O)N3CCN(C(=O)c4ccccc4)CC3)c12. The molecule has 5 rings (SSSR count). The zero-order valence-corrected chi connectivity index (χ0v) is 19.2. The van der Waals surface area contributed by atoms with Crippen molar-refractivity contribution >= 4 is 39.8 Å². The topological polar surface area (TPSA) is 108 Å². The number of carbonyl (C=O) groups excluding carboxylic acids is 3. The van der Waals surface area contributed by atoms with Crippen LogP contribution in [0.25, 0.3) is 21.6 Å². The van der Waals surface area contributed by atoms with Gasteiger partial charge in [-0.3, -0.25) is 14.4 Å². The average molecular weight is 476 g/mol. The predicted octanol–water partition coefficient (Wildman–Crippen LogP) is 2.86. The second kappa shape index (κ2) is 9.06. The Morgan fingerprint density at radius 2 is 1.76 bits per heavy atom. The Balaban J connectivity index is 1.36. The fourth-order valence-corrected chi connectivity index (χ4v) is 4.73. The van der Waals surface area contributed by atoms with Crippen molar-refractivity contribution in [1.82, 2.24) is 24.8 Å². The van der Waals surface area contributed by atoms with Crippen molar-refractivity contribution in [2.75, 3.05) is 33.3 Å². The number of H-pyrrole nitrogens is 1. The number of ether oxygens (including phenoxy) is 1. The molecule has 4 heterocycles. The van der Waals surface area contributed by atoms with E-state index >= 15 is 0 Å². The lowest BCUT2D eigenvalue weighted by Gasteiger charge is -2.34. The van der Waals surface area contributed by atoms with E-state index in [2.05, 4.69) is 15.0 Å². The molecule has 1 N–H and O–H groups in total. The van der Waals surface area contributed by atoms with Gasteiger partial charge in [-0.15, -0.1) is 11.3 Å². The van der Waals surface area contributed by atoms with Crippen LogP contribution in [0, 0.1) is 0 Å². The third kappa shape index (κ3) is 3.81. The molecule has 0 atom stereocenters. The van der Waals surface area contributed by atoms with Gasteiger partial charge < -0.3 is 19.5 Å². The first-order valence-corrected chi connectivity index (χ1v) is 11.6. The number of methoxy groups -OCH3 is 1. The van der Waals surface area contributed by atoms with Gasteiger partial charge in [0.1, 0.15) is 16.5 Å². The summed E-state index contributed by atoms with van der Waals surface area (Å²) >= 11 is 1.43. The summed E-state index contributed by atoms with van der Waals surface area (Å²) in [6, 6.07) is 9.02. The minimum Gasteiger partial charge on any atom is -0.494 e. The van der Waals surface area contributed by atoms with Gasteiger partial charge in [-0.1, -0.05) is 18.2 Å². The Morgan fingerprint density at radius 3 is 2.44 bits per heavy atom. The quantitative estimate of drug-likeness (QED) is 0.351. The van der Waals surface area contributed by atoms with Crippen LogP contribution in [-0.4, -0.2) is 75.6 Å². The van der Waals surface area contributed by atoms with Crippen LogP contribution >= 0.6 is 11.3 Å². The largest absolute Gasteiger partial charge is 0.494 e. The molecule has 1 aliphatic rings. The number of aromatic amines is 1. The van der Waals surface area contributed by atoms with Crippen LogP contribution in [0.4, 0.5) is 0 Å². The number of carbonyl (C=O) groups is 3. The molecule has 0 unspecified atom stereocenters. The van der Waals surface area contributed by atoms with Gasteiger partial charge in [0.05, 0.1) is 29.8 Å². The number of hydrogen-bond donors (Lipinski definition) is 1. The number of hydrogen-bond acceptors (Lipinski definition) is 7. The van der Waals surface area contributed by atoms with Gasteiger partial charge in [0, 0.05) is 49.5 Å². The van der Waals surface area contributed by atoms with E-state index in [0.717, 1.165) is 0 Å². The van der Waals surface area contributed by atoms with Crippen LogP contribution in [0.15, 0.2) is 54.3 Å². The monoisotopic (exact) mass is 475 g/mol. The van der Waals surface area contributed by atoms with Crippen LogP contribution in [0.1, 0.15) is 20.7 Å². The molecule has 1 aromatic carbocycles. The summed E-state index contributed by atoms with van der Waals surface area (Å²) in [6.45, 7) is 1.30. The Labute approximate surface area is 199 Å². The average Bonchev–Trinajstić information content (AvgIpc) is 3.58. The number of piperazine rings is 1. The van der Waals surface area contributed by atoms with Crippen molar-refractivity contribution in [2.24, 2.45) is 0 Å². The highest BCUT2D eigenvalue weighted by molar-refractivity contribution is 7.13. The zero-order chi connectivity index (χ0) is 23.7. The fraction of sp³-hybridized carbons (Fsp3) is 0.208. The first-order chi connectivity index (χ1) is 16.6. The molecule has 0 radical (unpaired) electrons. The van der Waals surface area contributed by atoms with Crippen LogP contribution in [0.2, 0.25) is 0 Å². The first kappa shape index (κ1) is 21.8. The van der Waals surface area contributed by atoms with Gasteiger partial charge in [0.2, 0.25) is 0 Å². The van der Waals surface area contributed by atoms with Gasteiger partial charge in [0.15, 0.2) is 0 Å². The van der Waals surface area contributed by atoms with Crippen LogP contribution < -0.4 is 4.74 Å². The number of Topliss-reactive ketones (excluding diaryl/α,β-unsaturated/α-hetero) is 1. The molecule has 0 spiro atoms. The van der Waals surface area contributed by atoms with E-state index in [-0.39, 0.29) is 24.6 Å². The molecule has 2 amide bonds. The lowest BCUT2D eigenvalue weighted by molar-refractivity contribution is -0.127. The normalized spacial score (nSPS) is 13.8. The third-order valence-corrected chi connectivity index (χ3v) is 6.62. The van der Waals surface area contributed by atoms with Crippen LogP contribution in [0.3, 0.4) is 0 Å². The lowest BCUT2D eigenvalue weighted by Crippen LogP contribution is -2.52. The molecule has 0 bridgehead atoms. The Kier molecular flexibility index (Phi) is 5.81. The van der Waals surface area contributed by atoms with E-state index in [1.165, 1.54) is 35.7 Å². The number of rotatable bonds is 5. The summed E-state index contributed by atoms with van der Waals surface area (Å²) in [7, 11) is 1.49. The molecule has 172 valence electrons. The first-order valence-electron chi connectivity index (χ1n) is 10.7. The number of fused-ring (bicyclic) bond motifs is 1. The van der Waals surface area contributed by atoms with Crippen LogP contribution in [0.5, 0.6) is 5.75 Å². The number of ketones is 1. The smallest absolute Gasteiger partial charge is 0.295 e. The van der Waals surface area contributed by atoms with E-state index < -0.39 is 11.7 Å². The summed E-state index contributed by atoms with van der Waals surface area (Å²) in [5.74, 6) is -0.931. The van der Waals surface area contributed by atoms with Gasteiger partial charge in [-0.2, -0.15) is 0 Å². The van der Waals surface area contributed by atoms with Gasteiger partial charge in [0.25, 0.3) is 17.6 Å². The molecule has 4 aromatic rings. The molecule has 10 heteroatoms. The van der Waals surface area contributed by atoms with Crippen LogP contribution in [-0.2, 0) is 4.79 Å². The number of amides is 2. The number of aromatic nitrogens is 3. The molecule has 34 heavy (non-hydrogen) atoms. The van der Waals surface area contributed by atoms with Gasteiger partial charge in [-0.05, 0) is 12.1 Å². The molecular weight excluding hydrogens is 454 g/mol. The Bertz CT molecular complexity index is 1360. The minimum atomic E-state index is -0.635.